The van der Waals surface area contributed by atoms with Crippen LogP contribution in [0.25, 0.3) is 0 Å². The van der Waals surface area contributed by atoms with Crippen LogP contribution in [0.3, 0.4) is 0 Å². The Morgan fingerprint density at radius 2 is 1.96 bits per heavy atom. The molecule has 0 saturated carbocycles. The van der Waals surface area contributed by atoms with Crippen LogP contribution in [-0.2, 0) is 23.2 Å². The summed E-state index contributed by atoms with van der Waals surface area (Å²) >= 11 is 0. The van der Waals surface area contributed by atoms with Crippen molar-refractivity contribution < 1.29 is 19.4 Å². The average Bonchev–Trinajstić information content (AvgIpc) is 2.89. The van der Waals surface area contributed by atoms with Gasteiger partial charge in [0.15, 0.2) is 11.5 Å². The molecule has 0 spiro atoms. The highest BCUT2D eigenvalue weighted by atomic mass is 16.5. The fourth-order valence-corrected chi connectivity index (χ4v) is 3.52. The van der Waals surface area contributed by atoms with Gasteiger partial charge in [-0.25, -0.2) is 0 Å². The van der Waals surface area contributed by atoms with E-state index in [2.05, 4.69) is 0 Å². The van der Waals surface area contributed by atoms with Gasteiger partial charge in [0, 0.05) is 11.0 Å². The van der Waals surface area contributed by atoms with Crippen LogP contribution in [0.1, 0.15) is 36.5 Å². The lowest BCUT2D eigenvalue weighted by Gasteiger charge is -2.24. The maximum absolute atomic E-state index is 11.2. The monoisotopic (exact) mass is 326 g/mol. The standard InChI is InChI=1S/C20H22O4/c1-20(12-18(21)22)11-10-15-16(20)8-9-17(23-2)19(15)24-13-14-6-4-3-5-7-14/h3-9H,10-13H2,1-2H3,(H,21,22). The lowest BCUT2D eigenvalue weighted by Crippen LogP contribution is -2.22. The third-order valence-electron chi connectivity index (χ3n) is 4.79. The summed E-state index contributed by atoms with van der Waals surface area (Å²) in [6.45, 7) is 2.48. The molecule has 0 radical (unpaired) electrons. The number of rotatable bonds is 6. The lowest BCUT2D eigenvalue weighted by molar-refractivity contribution is -0.138. The van der Waals surface area contributed by atoms with Gasteiger partial charge < -0.3 is 14.6 Å². The molecule has 0 aromatic heterocycles. The minimum absolute atomic E-state index is 0.129. The van der Waals surface area contributed by atoms with Gasteiger partial charge in [-0.1, -0.05) is 43.3 Å². The van der Waals surface area contributed by atoms with E-state index in [9.17, 15) is 9.90 Å². The van der Waals surface area contributed by atoms with E-state index >= 15 is 0 Å². The molecule has 0 bridgehead atoms. The molecule has 3 rings (SSSR count). The van der Waals surface area contributed by atoms with Crippen LogP contribution >= 0.6 is 0 Å². The summed E-state index contributed by atoms with van der Waals surface area (Å²) in [5.74, 6) is 0.671. The first kappa shape index (κ1) is 16.4. The van der Waals surface area contributed by atoms with E-state index in [1.165, 1.54) is 0 Å². The minimum atomic E-state index is -0.770. The molecule has 1 aliphatic carbocycles. The highest BCUT2D eigenvalue weighted by molar-refractivity contribution is 5.70. The summed E-state index contributed by atoms with van der Waals surface area (Å²) in [7, 11) is 1.63. The van der Waals surface area contributed by atoms with Gasteiger partial charge in [0.2, 0.25) is 0 Å². The number of ether oxygens (including phenoxy) is 2. The molecule has 4 heteroatoms. The molecule has 126 valence electrons. The van der Waals surface area contributed by atoms with Gasteiger partial charge in [-0.05, 0) is 30.0 Å². The van der Waals surface area contributed by atoms with Crippen LogP contribution < -0.4 is 9.47 Å². The Morgan fingerprint density at radius 1 is 1.21 bits per heavy atom. The van der Waals surface area contributed by atoms with Gasteiger partial charge in [-0.2, -0.15) is 0 Å². The third-order valence-corrected chi connectivity index (χ3v) is 4.79. The number of benzene rings is 2. The first-order valence-corrected chi connectivity index (χ1v) is 8.12. The summed E-state index contributed by atoms with van der Waals surface area (Å²) in [6, 6.07) is 13.8. The number of aliphatic carboxylic acids is 1. The highest BCUT2D eigenvalue weighted by Gasteiger charge is 2.38. The van der Waals surface area contributed by atoms with E-state index in [0.29, 0.717) is 12.4 Å². The number of carbonyl (C=O) groups is 1. The third kappa shape index (κ3) is 3.09. The van der Waals surface area contributed by atoms with E-state index < -0.39 is 5.97 Å². The number of carboxylic acids is 1. The van der Waals surface area contributed by atoms with Crippen LogP contribution in [0.15, 0.2) is 42.5 Å². The van der Waals surface area contributed by atoms with Gasteiger partial charge >= 0.3 is 5.97 Å². The van der Waals surface area contributed by atoms with E-state index in [1.807, 2.05) is 49.4 Å². The first-order valence-electron chi connectivity index (χ1n) is 8.12. The molecule has 0 amide bonds. The molecule has 2 aromatic rings. The number of carboxylic acid groups (broad SMARTS) is 1. The molecular weight excluding hydrogens is 304 g/mol. The molecule has 1 aliphatic rings. The average molecular weight is 326 g/mol. The zero-order chi connectivity index (χ0) is 17.2. The maximum atomic E-state index is 11.2. The van der Waals surface area contributed by atoms with Crippen molar-refractivity contribution in [3.63, 3.8) is 0 Å². The summed E-state index contributed by atoms with van der Waals surface area (Å²) in [5, 5.41) is 9.23. The Morgan fingerprint density at radius 3 is 2.62 bits per heavy atom. The second-order valence-electron chi connectivity index (χ2n) is 6.53. The summed E-state index contributed by atoms with van der Waals surface area (Å²) in [4.78, 5) is 11.2. The minimum Gasteiger partial charge on any atom is -0.493 e. The molecule has 24 heavy (non-hydrogen) atoms. The number of hydrogen-bond acceptors (Lipinski definition) is 3. The van der Waals surface area contributed by atoms with Crippen molar-refractivity contribution >= 4 is 5.97 Å². The summed E-state index contributed by atoms with van der Waals surface area (Å²) < 4.78 is 11.5. The Kier molecular flexibility index (Phi) is 4.47. The molecule has 1 atom stereocenters. The molecule has 0 aliphatic heterocycles. The quantitative estimate of drug-likeness (QED) is 0.873. The van der Waals surface area contributed by atoms with E-state index in [4.69, 9.17) is 9.47 Å². The van der Waals surface area contributed by atoms with E-state index in [-0.39, 0.29) is 11.8 Å². The van der Waals surface area contributed by atoms with Crippen molar-refractivity contribution in [2.24, 2.45) is 0 Å². The Balaban J connectivity index is 1.93. The Bertz CT molecular complexity index is 739. The predicted octanol–water partition coefficient (Wildman–Crippen LogP) is 3.95. The molecule has 4 nitrogen and oxygen atoms in total. The number of fused-ring (bicyclic) bond motifs is 1. The predicted molar refractivity (Wildman–Crippen MR) is 91.7 cm³/mol. The maximum Gasteiger partial charge on any atom is 0.304 e. The van der Waals surface area contributed by atoms with Gasteiger partial charge in [-0.15, -0.1) is 0 Å². The van der Waals surface area contributed by atoms with Gasteiger partial charge in [-0.3, -0.25) is 4.79 Å². The largest absolute Gasteiger partial charge is 0.493 e. The Hall–Kier alpha value is -2.49. The van der Waals surface area contributed by atoms with Gasteiger partial charge in [0.25, 0.3) is 0 Å². The van der Waals surface area contributed by atoms with Crippen LogP contribution in [0.5, 0.6) is 11.5 Å². The van der Waals surface area contributed by atoms with Crippen molar-refractivity contribution in [2.45, 2.75) is 38.2 Å². The number of hydrogen-bond donors (Lipinski definition) is 1. The van der Waals surface area contributed by atoms with Crippen LogP contribution in [0.2, 0.25) is 0 Å². The van der Waals surface area contributed by atoms with E-state index in [0.717, 1.165) is 35.3 Å². The van der Waals surface area contributed by atoms with Crippen molar-refractivity contribution in [3.05, 3.63) is 59.2 Å². The fraction of sp³-hybridized carbons (Fsp3) is 0.350. The summed E-state index contributed by atoms with van der Waals surface area (Å²) in [6.07, 6.45) is 1.74. The normalized spacial score (nSPS) is 18.9. The molecular formula is C20H22O4. The van der Waals surface area contributed by atoms with Crippen molar-refractivity contribution in [1.82, 2.24) is 0 Å². The molecule has 1 N–H and O–H groups in total. The second kappa shape index (κ2) is 6.56. The van der Waals surface area contributed by atoms with Crippen molar-refractivity contribution in [1.29, 1.82) is 0 Å². The fourth-order valence-electron chi connectivity index (χ4n) is 3.52. The molecule has 0 saturated heterocycles. The van der Waals surface area contributed by atoms with Crippen molar-refractivity contribution in [2.75, 3.05) is 7.11 Å². The molecule has 1 unspecified atom stereocenters. The lowest BCUT2D eigenvalue weighted by atomic mass is 9.81. The first-order chi connectivity index (χ1) is 11.5. The van der Waals surface area contributed by atoms with Crippen molar-refractivity contribution in [3.8, 4) is 11.5 Å². The zero-order valence-electron chi connectivity index (χ0n) is 14.0. The molecule has 2 aromatic carbocycles. The van der Waals surface area contributed by atoms with Crippen LogP contribution in [0, 0.1) is 0 Å². The van der Waals surface area contributed by atoms with Crippen LogP contribution in [-0.4, -0.2) is 18.2 Å². The van der Waals surface area contributed by atoms with E-state index in [1.54, 1.807) is 7.11 Å². The molecule has 0 heterocycles. The van der Waals surface area contributed by atoms with Gasteiger partial charge in [0.1, 0.15) is 6.61 Å². The SMILES string of the molecule is COc1ccc2c(c1OCc1ccccc1)CCC2(C)CC(=O)O. The van der Waals surface area contributed by atoms with Crippen LogP contribution in [0.4, 0.5) is 0 Å². The Labute approximate surface area is 142 Å². The second-order valence-corrected chi connectivity index (χ2v) is 6.53. The zero-order valence-corrected chi connectivity index (χ0v) is 14.0. The highest BCUT2D eigenvalue weighted by Crippen LogP contribution is 2.48. The smallest absolute Gasteiger partial charge is 0.304 e. The topological polar surface area (TPSA) is 55.8 Å². The summed E-state index contributed by atoms with van der Waals surface area (Å²) in [5.41, 5.74) is 2.88. The van der Waals surface area contributed by atoms with Gasteiger partial charge in [0.05, 0.1) is 13.5 Å². The molecule has 0 fully saturated rings. The number of methoxy groups -OCH3 is 1.